The minimum Gasteiger partial charge on any atom is -0.367 e. The van der Waals surface area contributed by atoms with Crippen molar-refractivity contribution < 1.29 is 4.68 Å². The number of nitrogens with two attached hydrogens (primary N) is 1. The summed E-state index contributed by atoms with van der Waals surface area (Å²) in [6.45, 7) is 6.44. The Balaban J connectivity index is 2.26. The molecule has 0 bridgehead atoms. The van der Waals surface area contributed by atoms with Gasteiger partial charge in [-0.1, -0.05) is 23.7 Å². The Kier molecular flexibility index (Phi) is 4.42. The molecule has 0 saturated carbocycles. The second kappa shape index (κ2) is 6.25. The van der Waals surface area contributed by atoms with Gasteiger partial charge in [0.1, 0.15) is 0 Å². The third-order valence-corrected chi connectivity index (χ3v) is 2.98. The predicted molar refractivity (Wildman–Crippen MR) is 83.6 cm³/mol. The maximum atomic E-state index is 5.90. The molecule has 0 saturated heterocycles. The van der Waals surface area contributed by atoms with E-state index in [0.29, 0.717) is 17.5 Å². The first kappa shape index (κ1) is 14.1. The van der Waals surface area contributed by atoms with Crippen LogP contribution in [0.1, 0.15) is 6.92 Å². The summed E-state index contributed by atoms with van der Waals surface area (Å²) in [5.41, 5.74) is 10.7. The van der Waals surface area contributed by atoms with Crippen molar-refractivity contribution in [3.63, 3.8) is 0 Å². The number of benzene rings is 1. The monoisotopic (exact) mass is 290 g/mol. The molecule has 0 aliphatic heterocycles. The topological polar surface area (TPSA) is 69.2 Å². The lowest BCUT2D eigenvalue weighted by molar-refractivity contribution is -0.481. The Hall–Kier alpha value is -2.27. The van der Waals surface area contributed by atoms with Crippen LogP contribution in [-0.4, -0.2) is 28.9 Å². The van der Waals surface area contributed by atoms with E-state index in [0.717, 1.165) is 16.9 Å². The van der Waals surface area contributed by atoms with Crippen molar-refractivity contribution >= 4 is 30.1 Å². The largest absolute Gasteiger partial charge is 0.367 e. The van der Waals surface area contributed by atoms with Crippen LogP contribution >= 0.6 is 11.6 Å². The van der Waals surface area contributed by atoms with Crippen LogP contribution in [0.3, 0.4) is 0 Å². The number of halogens is 1. The van der Waals surface area contributed by atoms with Gasteiger partial charge in [0, 0.05) is 11.6 Å². The summed E-state index contributed by atoms with van der Waals surface area (Å²) in [5, 5.41) is 0.703. The number of H-pyrrole nitrogens is 1. The Bertz CT molecular complexity index is 627. The van der Waals surface area contributed by atoms with Crippen molar-refractivity contribution in [1.82, 2.24) is 10.4 Å². The number of hydrogen-bond donors (Lipinski definition) is 3. The highest BCUT2D eigenvalue weighted by Crippen LogP contribution is 2.28. The number of hydrazone groups is 1. The van der Waals surface area contributed by atoms with E-state index in [4.69, 9.17) is 17.3 Å². The van der Waals surface area contributed by atoms with Gasteiger partial charge in [-0.2, -0.15) is 5.43 Å². The summed E-state index contributed by atoms with van der Waals surface area (Å²) < 4.78 is 1.55. The van der Waals surface area contributed by atoms with E-state index in [9.17, 15) is 0 Å². The van der Waals surface area contributed by atoms with E-state index in [2.05, 4.69) is 22.1 Å². The number of aromatic nitrogens is 1. The maximum Gasteiger partial charge on any atom is 0.310 e. The fourth-order valence-corrected chi connectivity index (χ4v) is 1.97. The molecular formula is C14H17ClN5+. The Morgan fingerprint density at radius 1 is 1.40 bits per heavy atom. The summed E-state index contributed by atoms with van der Waals surface area (Å²) in [5.74, 6) is 1.11. The van der Waals surface area contributed by atoms with Gasteiger partial charge in [-0.3, -0.25) is 4.99 Å². The van der Waals surface area contributed by atoms with E-state index < -0.39 is 0 Å². The van der Waals surface area contributed by atoms with Gasteiger partial charge in [-0.05, 0) is 30.7 Å². The second-order valence-electron chi connectivity index (χ2n) is 4.15. The summed E-state index contributed by atoms with van der Waals surface area (Å²) >= 11 is 5.90. The van der Waals surface area contributed by atoms with Crippen LogP contribution in [0.15, 0.2) is 41.5 Å². The molecule has 20 heavy (non-hydrogen) atoms. The molecule has 0 unspecified atom stereocenters. The lowest BCUT2D eigenvalue weighted by atomic mass is 10.1. The fourth-order valence-electron chi connectivity index (χ4n) is 1.85. The average Bonchev–Trinajstić information content (AvgIpc) is 2.89. The number of hydrogen-bond acceptors (Lipinski definition) is 1. The first-order valence-corrected chi connectivity index (χ1v) is 6.60. The van der Waals surface area contributed by atoms with Gasteiger partial charge < -0.3 is 5.73 Å². The number of guanidine groups is 1. The number of nitrogens with zero attached hydrogens (tertiary/aromatic N) is 2. The van der Waals surface area contributed by atoms with Crippen molar-refractivity contribution in [2.75, 3.05) is 6.54 Å². The highest BCUT2D eigenvalue weighted by atomic mass is 35.5. The summed E-state index contributed by atoms with van der Waals surface area (Å²) in [6, 6.07) is 9.56. The molecule has 4 N–H and O–H groups in total. The molecule has 5 nitrogen and oxygen atoms in total. The molecule has 0 amide bonds. The van der Waals surface area contributed by atoms with E-state index in [-0.39, 0.29) is 0 Å². The highest BCUT2D eigenvalue weighted by Gasteiger charge is 2.16. The first-order chi connectivity index (χ1) is 9.61. The summed E-state index contributed by atoms with van der Waals surface area (Å²) in [6.07, 6.45) is 1.84. The quantitative estimate of drug-likeness (QED) is 0.350. The Morgan fingerprint density at radius 2 is 2.10 bits per heavy atom. The first-order valence-electron chi connectivity index (χ1n) is 6.22. The predicted octanol–water partition coefficient (Wildman–Crippen LogP) is 2.52. The van der Waals surface area contributed by atoms with E-state index in [1.165, 1.54) is 0 Å². The molecule has 2 aromatic rings. The average molecular weight is 291 g/mol. The molecule has 1 aromatic heterocycles. The van der Waals surface area contributed by atoms with Gasteiger partial charge in [0.05, 0.1) is 18.5 Å². The molecule has 0 spiro atoms. The Morgan fingerprint density at radius 3 is 2.75 bits per heavy atom. The van der Waals surface area contributed by atoms with E-state index in [1.807, 2.05) is 43.5 Å². The molecule has 0 atom stereocenters. The molecule has 0 aliphatic carbocycles. The minimum atomic E-state index is 0.319. The number of aliphatic imine (C=N–C) groups is 1. The molecule has 104 valence electrons. The SMILES string of the molecule is C=[N+](NC(N)=NCC)c1[nH]ccc1-c1ccc(Cl)cc1. The van der Waals surface area contributed by atoms with Gasteiger partial charge in [-0.15, -0.1) is 4.68 Å². The van der Waals surface area contributed by atoms with E-state index in [1.54, 1.807) is 4.68 Å². The molecule has 1 heterocycles. The number of nitrogens with one attached hydrogen (secondary N) is 2. The van der Waals surface area contributed by atoms with Gasteiger partial charge in [0.15, 0.2) is 0 Å². The third-order valence-electron chi connectivity index (χ3n) is 2.73. The van der Waals surface area contributed by atoms with Crippen molar-refractivity contribution in [2.45, 2.75) is 6.92 Å². The zero-order valence-electron chi connectivity index (χ0n) is 11.2. The van der Waals surface area contributed by atoms with Gasteiger partial charge >= 0.3 is 5.82 Å². The fraction of sp³-hybridized carbons (Fsp3) is 0.143. The standard InChI is InChI=1S/C14H17ClN5/c1-3-17-14(16)19-20(2)13-12(8-9-18-13)10-4-6-11(15)7-5-10/h4-9,18H,2-3H2,1H3,(H3,16,17,19)/q+1. The molecule has 0 fully saturated rings. The van der Waals surface area contributed by atoms with Crippen LogP contribution in [0.25, 0.3) is 11.1 Å². The van der Waals surface area contributed by atoms with Crippen LogP contribution in [0.4, 0.5) is 5.82 Å². The lowest BCUT2D eigenvalue weighted by Gasteiger charge is -2.06. The van der Waals surface area contributed by atoms with Gasteiger partial charge in [0.2, 0.25) is 5.96 Å². The summed E-state index contributed by atoms with van der Waals surface area (Å²) in [4.78, 5) is 7.18. The molecule has 2 rings (SSSR count). The minimum absolute atomic E-state index is 0.319. The normalized spacial score (nSPS) is 11.4. The zero-order valence-corrected chi connectivity index (χ0v) is 12.0. The van der Waals surface area contributed by atoms with E-state index >= 15 is 0 Å². The molecule has 1 aromatic carbocycles. The smallest absolute Gasteiger partial charge is 0.310 e. The zero-order chi connectivity index (χ0) is 14.5. The summed E-state index contributed by atoms with van der Waals surface area (Å²) in [7, 11) is 0. The van der Waals surface area contributed by atoms with Gasteiger partial charge in [0.25, 0.3) is 0 Å². The van der Waals surface area contributed by atoms with Crippen molar-refractivity contribution in [3.05, 3.63) is 41.6 Å². The van der Waals surface area contributed by atoms with Gasteiger partial charge in [-0.25, -0.2) is 4.98 Å². The third kappa shape index (κ3) is 3.19. The number of rotatable bonds is 4. The molecular weight excluding hydrogens is 274 g/mol. The second-order valence-corrected chi connectivity index (χ2v) is 4.58. The number of aromatic amines is 1. The molecule has 0 aliphatic rings. The molecule has 0 radical (unpaired) electrons. The van der Waals surface area contributed by atoms with Crippen molar-refractivity contribution in [3.8, 4) is 11.1 Å². The van der Waals surface area contributed by atoms with Crippen molar-refractivity contribution in [2.24, 2.45) is 10.7 Å². The van der Waals surface area contributed by atoms with Crippen LogP contribution in [-0.2, 0) is 0 Å². The Labute approximate surface area is 122 Å². The van der Waals surface area contributed by atoms with Crippen LogP contribution < -0.4 is 11.2 Å². The molecule has 6 heteroatoms. The highest BCUT2D eigenvalue weighted by molar-refractivity contribution is 6.30. The lowest BCUT2D eigenvalue weighted by Crippen LogP contribution is -2.37. The number of hydrazine groups is 1. The van der Waals surface area contributed by atoms with Crippen LogP contribution in [0.2, 0.25) is 5.02 Å². The maximum absolute atomic E-state index is 5.90. The van der Waals surface area contributed by atoms with Crippen molar-refractivity contribution in [1.29, 1.82) is 0 Å². The van der Waals surface area contributed by atoms with Crippen LogP contribution in [0, 0.1) is 0 Å². The van der Waals surface area contributed by atoms with Crippen LogP contribution in [0.5, 0.6) is 0 Å².